The van der Waals surface area contributed by atoms with Crippen LogP contribution in [0.2, 0.25) is 0 Å². The van der Waals surface area contributed by atoms with Crippen LogP contribution in [0.25, 0.3) is 11.3 Å². The van der Waals surface area contributed by atoms with E-state index in [1.165, 1.54) is 19.3 Å². The zero-order chi connectivity index (χ0) is 24.0. The monoisotopic (exact) mass is 462 g/mol. The molecule has 174 valence electrons. The quantitative estimate of drug-likeness (QED) is 0.377. The van der Waals surface area contributed by atoms with Crippen molar-refractivity contribution in [1.29, 1.82) is 0 Å². The minimum Gasteiger partial charge on any atom is -0.355 e. The van der Waals surface area contributed by atoms with Crippen LogP contribution in [0.1, 0.15) is 45.5 Å². The fourth-order valence-corrected chi connectivity index (χ4v) is 4.32. The maximum atomic E-state index is 13.0. The Morgan fingerprint density at radius 1 is 0.686 bits per heavy atom. The second-order valence-electron chi connectivity index (χ2n) is 8.60. The third-order valence-corrected chi connectivity index (χ3v) is 6.22. The molecular formula is C29H26N4O2. The lowest BCUT2D eigenvalue weighted by Crippen LogP contribution is -2.30. The van der Waals surface area contributed by atoms with Gasteiger partial charge in [0.2, 0.25) is 0 Å². The summed E-state index contributed by atoms with van der Waals surface area (Å²) < 4.78 is 0. The highest BCUT2D eigenvalue weighted by Gasteiger charge is 2.18. The lowest BCUT2D eigenvalue weighted by atomic mass is 9.98. The Balaban J connectivity index is 1.29. The van der Waals surface area contributed by atoms with E-state index in [4.69, 9.17) is 0 Å². The van der Waals surface area contributed by atoms with E-state index in [9.17, 15) is 9.59 Å². The summed E-state index contributed by atoms with van der Waals surface area (Å²) in [6, 6.07) is 27.3. The molecule has 0 atom stereocenters. The van der Waals surface area contributed by atoms with Crippen molar-refractivity contribution in [2.24, 2.45) is 0 Å². The molecule has 1 aromatic heterocycles. The van der Waals surface area contributed by atoms with Crippen molar-refractivity contribution in [3.8, 4) is 11.3 Å². The molecule has 35 heavy (non-hydrogen) atoms. The van der Waals surface area contributed by atoms with E-state index in [1.54, 1.807) is 36.4 Å². The normalized spacial score (nSPS) is 13.3. The van der Waals surface area contributed by atoms with Crippen molar-refractivity contribution in [3.63, 3.8) is 0 Å². The average molecular weight is 463 g/mol. The molecule has 0 bridgehead atoms. The number of benzene rings is 3. The van der Waals surface area contributed by atoms with Gasteiger partial charge in [0.15, 0.2) is 11.6 Å². The number of aromatic nitrogens is 2. The Morgan fingerprint density at radius 2 is 1.37 bits per heavy atom. The highest BCUT2D eigenvalue weighted by Crippen LogP contribution is 2.23. The molecule has 1 aliphatic heterocycles. The van der Waals surface area contributed by atoms with E-state index < -0.39 is 0 Å². The van der Waals surface area contributed by atoms with Crippen molar-refractivity contribution in [3.05, 3.63) is 108 Å². The summed E-state index contributed by atoms with van der Waals surface area (Å²) in [7, 11) is 0. The van der Waals surface area contributed by atoms with Crippen LogP contribution in [0.3, 0.4) is 0 Å². The predicted molar refractivity (Wildman–Crippen MR) is 138 cm³/mol. The number of nitrogens with zero attached hydrogens (tertiary/aromatic N) is 3. The molecule has 0 radical (unpaired) electrons. The molecule has 4 aromatic rings. The smallest absolute Gasteiger partial charge is 0.256 e. The second kappa shape index (κ2) is 10.3. The van der Waals surface area contributed by atoms with Gasteiger partial charge < -0.3 is 10.2 Å². The lowest BCUT2D eigenvalue weighted by Gasteiger charge is -2.27. The largest absolute Gasteiger partial charge is 0.355 e. The second-order valence-corrected chi connectivity index (χ2v) is 8.60. The van der Waals surface area contributed by atoms with Crippen LogP contribution in [0.4, 0.5) is 11.5 Å². The number of hydrogen-bond donors (Lipinski definition) is 1. The fraction of sp³-hybridized carbons (Fsp3) is 0.172. The summed E-state index contributed by atoms with van der Waals surface area (Å²) >= 11 is 0. The van der Waals surface area contributed by atoms with Gasteiger partial charge in [-0.1, -0.05) is 60.7 Å². The highest BCUT2D eigenvalue weighted by molar-refractivity contribution is 6.17. The average Bonchev–Trinajstić information content (AvgIpc) is 2.94. The number of ketones is 1. The molecule has 1 fully saturated rings. The lowest BCUT2D eigenvalue weighted by molar-refractivity contribution is 0.0996. The minimum atomic E-state index is -0.330. The number of hydrogen-bond acceptors (Lipinski definition) is 5. The maximum absolute atomic E-state index is 13.0. The number of carbonyl (C=O) groups excluding carboxylic acids is 2. The van der Waals surface area contributed by atoms with Crippen molar-refractivity contribution in [2.45, 2.75) is 19.3 Å². The van der Waals surface area contributed by atoms with Gasteiger partial charge in [-0.3, -0.25) is 9.59 Å². The van der Waals surface area contributed by atoms with Gasteiger partial charge in [-0.25, -0.2) is 0 Å². The van der Waals surface area contributed by atoms with Gasteiger partial charge in [0, 0.05) is 35.5 Å². The van der Waals surface area contributed by atoms with Gasteiger partial charge in [-0.15, -0.1) is 10.2 Å². The van der Waals surface area contributed by atoms with Gasteiger partial charge in [0.05, 0.1) is 11.3 Å². The molecule has 0 saturated carbocycles. The highest BCUT2D eigenvalue weighted by atomic mass is 16.2. The van der Waals surface area contributed by atoms with Gasteiger partial charge in [-0.2, -0.15) is 0 Å². The third kappa shape index (κ3) is 5.11. The van der Waals surface area contributed by atoms with Crippen molar-refractivity contribution in [2.75, 3.05) is 23.3 Å². The first-order valence-electron chi connectivity index (χ1n) is 11.9. The van der Waals surface area contributed by atoms with E-state index in [-0.39, 0.29) is 11.7 Å². The Bertz CT molecular complexity index is 1310. The van der Waals surface area contributed by atoms with E-state index in [1.807, 2.05) is 54.6 Å². The van der Waals surface area contributed by atoms with Crippen LogP contribution >= 0.6 is 0 Å². The molecule has 1 amide bonds. The topological polar surface area (TPSA) is 75.2 Å². The van der Waals surface area contributed by atoms with E-state index in [2.05, 4.69) is 20.4 Å². The Labute approximate surface area is 204 Å². The van der Waals surface area contributed by atoms with Gasteiger partial charge in [0.25, 0.3) is 5.91 Å². The van der Waals surface area contributed by atoms with Crippen LogP contribution in [-0.2, 0) is 0 Å². The van der Waals surface area contributed by atoms with Crippen LogP contribution in [0.15, 0.2) is 91.0 Å². The van der Waals surface area contributed by atoms with E-state index in [0.29, 0.717) is 22.4 Å². The Hall–Kier alpha value is -4.32. The van der Waals surface area contributed by atoms with Crippen LogP contribution in [0, 0.1) is 0 Å². The van der Waals surface area contributed by atoms with Gasteiger partial charge >= 0.3 is 0 Å². The molecule has 3 aromatic carbocycles. The van der Waals surface area contributed by atoms with Crippen LogP contribution < -0.4 is 10.2 Å². The molecule has 1 N–H and O–H groups in total. The number of nitrogens with one attached hydrogen (secondary N) is 1. The summed E-state index contributed by atoms with van der Waals surface area (Å²) in [6.07, 6.45) is 3.67. The number of carbonyl (C=O) groups is 2. The molecule has 0 spiro atoms. The summed E-state index contributed by atoms with van der Waals surface area (Å²) in [5, 5.41) is 11.7. The summed E-state index contributed by atoms with van der Waals surface area (Å²) in [6.45, 7) is 2.06. The van der Waals surface area contributed by atoms with Gasteiger partial charge in [-0.05, 0) is 49.6 Å². The zero-order valence-electron chi connectivity index (χ0n) is 19.4. The molecule has 1 aliphatic rings. The molecule has 5 rings (SSSR count). The number of anilines is 2. The van der Waals surface area contributed by atoms with Crippen LogP contribution in [0.5, 0.6) is 0 Å². The molecule has 0 aliphatic carbocycles. The summed E-state index contributed by atoms with van der Waals surface area (Å²) in [4.78, 5) is 28.3. The van der Waals surface area contributed by atoms with E-state index >= 15 is 0 Å². The first kappa shape index (κ1) is 22.5. The van der Waals surface area contributed by atoms with Crippen molar-refractivity contribution in [1.82, 2.24) is 10.2 Å². The first-order valence-corrected chi connectivity index (χ1v) is 11.9. The minimum absolute atomic E-state index is 0.182. The van der Waals surface area contributed by atoms with Crippen molar-refractivity contribution >= 4 is 23.2 Å². The van der Waals surface area contributed by atoms with Crippen molar-refractivity contribution < 1.29 is 9.59 Å². The number of rotatable bonds is 6. The third-order valence-electron chi connectivity index (χ3n) is 6.22. The number of piperidine rings is 1. The van der Waals surface area contributed by atoms with Gasteiger partial charge in [0.1, 0.15) is 0 Å². The first-order chi connectivity index (χ1) is 17.2. The molecule has 6 heteroatoms. The van der Waals surface area contributed by atoms with E-state index in [0.717, 1.165) is 30.2 Å². The molecule has 2 heterocycles. The summed E-state index contributed by atoms with van der Waals surface area (Å²) in [5.41, 5.74) is 3.59. The van der Waals surface area contributed by atoms with Crippen LogP contribution in [-0.4, -0.2) is 35.0 Å². The SMILES string of the molecule is O=C(Nc1ccc(-c2ccc(N3CCCCC3)nn2)cc1)c1ccccc1C(=O)c1ccccc1. The molecule has 1 saturated heterocycles. The maximum Gasteiger partial charge on any atom is 0.256 e. The fourth-order valence-electron chi connectivity index (χ4n) is 4.32. The Morgan fingerprint density at radius 3 is 2.06 bits per heavy atom. The Kier molecular flexibility index (Phi) is 6.61. The summed E-state index contributed by atoms with van der Waals surface area (Å²) in [5.74, 6) is 0.405. The number of amides is 1. The molecular weight excluding hydrogens is 436 g/mol. The molecule has 0 unspecified atom stereocenters. The predicted octanol–water partition coefficient (Wildman–Crippen LogP) is 5.62. The standard InChI is InChI=1S/C29H26N4O2/c34-28(22-9-3-1-4-10-22)24-11-5-6-12-25(24)29(35)30-23-15-13-21(14-16-23)26-17-18-27(32-31-26)33-19-7-2-8-20-33/h1,3-6,9-18H,2,7-8,19-20H2,(H,30,35). The molecule has 6 nitrogen and oxygen atoms in total. The zero-order valence-corrected chi connectivity index (χ0v) is 19.4.